The van der Waals surface area contributed by atoms with Gasteiger partial charge < -0.3 is 18.9 Å². The molecular weight excluding hydrogens is 480 g/mol. The van der Waals surface area contributed by atoms with Gasteiger partial charge in [0.15, 0.2) is 0 Å². The van der Waals surface area contributed by atoms with Crippen molar-refractivity contribution in [3.8, 4) is 11.5 Å². The number of aryl methyl sites for hydroxylation is 1. The lowest BCUT2D eigenvalue weighted by Crippen LogP contribution is -2.25. The first kappa shape index (κ1) is 27.7. The highest BCUT2D eigenvalue weighted by atomic mass is 16.6. The Labute approximate surface area is 226 Å². The van der Waals surface area contributed by atoms with E-state index in [0.29, 0.717) is 30.6 Å². The molecule has 1 saturated carbocycles. The van der Waals surface area contributed by atoms with Crippen LogP contribution in [0.5, 0.6) is 11.5 Å². The zero-order valence-electron chi connectivity index (χ0n) is 23.1. The van der Waals surface area contributed by atoms with E-state index in [1.165, 1.54) is 28.8 Å². The number of benzene rings is 2. The molecule has 0 saturated heterocycles. The fourth-order valence-electron chi connectivity index (χ4n) is 6.01. The maximum Gasteiger partial charge on any atom is 0.330 e. The van der Waals surface area contributed by atoms with Gasteiger partial charge in [0.05, 0.1) is 0 Å². The zero-order valence-corrected chi connectivity index (χ0v) is 23.1. The molecule has 2 aromatic rings. The molecule has 6 nitrogen and oxygen atoms in total. The monoisotopic (exact) mass is 520 g/mol. The first-order valence-corrected chi connectivity index (χ1v) is 13.9. The van der Waals surface area contributed by atoms with E-state index in [4.69, 9.17) is 18.9 Å². The maximum absolute atomic E-state index is 11.9. The molecule has 2 aromatic carbocycles. The van der Waals surface area contributed by atoms with Crippen LogP contribution in [0.4, 0.5) is 0 Å². The Morgan fingerprint density at radius 2 is 1.37 bits per heavy atom. The van der Waals surface area contributed by atoms with Gasteiger partial charge in [-0.2, -0.15) is 0 Å². The predicted octanol–water partition coefficient (Wildman–Crippen LogP) is 6.79. The molecule has 4 rings (SSSR count). The molecule has 5 atom stereocenters. The molecule has 6 heteroatoms. The van der Waals surface area contributed by atoms with Gasteiger partial charge in [-0.05, 0) is 61.5 Å². The Morgan fingerprint density at radius 3 is 1.82 bits per heavy atom. The first-order valence-electron chi connectivity index (χ1n) is 13.9. The van der Waals surface area contributed by atoms with E-state index in [0.717, 1.165) is 41.5 Å². The van der Waals surface area contributed by atoms with Gasteiger partial charge in [-0.15, -0.1) is 0 Å². The van der Waals surface area contributed by atoms with Crippen LogP contribution in [0.15, 0.2) is 43.5 Å². The average Bonchev–Trinajstić information content (AvgIpc) is 3.44. The minimum atomic E-state index is -0.442. The number of carbonyl (C=O) groups is 2. The third kappa shape index (κ3) is 5.31. The summed E-state index contributed by atoms with van der Waals surface area (Å²) in [6.07, 6.45) is 6.06. The van der Waals surface area contributed by atoms with Gasteiger partial charge in [0.25, 0.3) is 0 Å². The highest BCUT2D eigenvalue weighted by molar-refractivity contribution is 5.97. The van der Waals surface area contributed by atoms with Crippen molar-refractivity contribution >= 4 is 22.7 Å². The van der Waals surface area contributed by atoms with E-state index in [1.54, 1.807) is 0 Å². The third-order valence-corrected chi connectivity index (χ3v) is 8.20. The van der Waals surface area contributed by atoms with E-state index in [2.05, 4.69) is 45.2 Å². The maximum atomic E-state index is 11.9. The molecule has 0 aliphatic heterocycles. The summed E-state index contributed by atoms with van der Waals surface area (Å²) in [5, 5.41) is 2.01. The molecule has 2 aliphatic rings. The van der Waals surface area contributed by atoms with Crippen LogP contribution in [0, 0.1) is 5.92 Å². The summed E-state index contributed by atoms with van der Waals surface area (Å²) in [4.78, 5) is 23.7. The van der Waals surface area contributed by atoms with E-state index < -0.39 is 11.9 Å². The first-order chi connectivity index (χ1) is 18.4. The summed E-state index contributed by atoms with van der Waals surface area (Å²) in [5.41, 5.74) is 3.66. The second-order valence-corrected chi connectivity index (χ2v) is 10.3. The Kier molecular flexibility index (Phi) is 8.80. The second kappa shape index (κ2) is 12.1. The lowest BCUT2D eigenvalue weighted by Gasteiger charge is -2.27. The van der Waals surface area contributed by atoms with Crippen LogP contribution in [0.1, 0.15) is 81.9 Å². The predicted molar refractivity (Wildman–Crippen MR) is 149 cm³/mol. The standard InChI is InChI=1S/C32H40O6/c1-7-20-12-13-25-26(16-20)32(36-18-22(9-3)38-28(34)11-5)30-24-15-14-23(19(24)6)29(30)31(25)35-17-21(8-2)37-27(33)10-4/h10-13,16,19,21-24H,4-5,7-9,14-15,17-18H2,1-3,6H3. The highest BCUT2D eigenvalue weighted by Gasteiger charge is 2.48. The normalized spacial score (nSPS) is 20.9. The van der Waals surface area contributed by atoms with Crippen molar-refractivity contribution in [2.45, 2.75) is 83.8 Å². The van der Waals surface area contributed by atoms with Gasteiger partial charge in [-0.1, -0.05) is 53.0 Å². The van der Waals surface area contributed by atoms with Crippen molar-refractivity contribution in [1.82, 2.24) is 0 Å². The minimum absolute atomic E-state index is 0.272. The topological polar surface area (TPSA) is 71.1 Å². The number of ether oxygens (including phenoxy) is 4. The Bertz CT molecular complexity index is 1210. The van der Waals surface area contributed by atoms with E-state index in [9.17, 15) is 9.59 Å². The molecule has 0 amide bonds. The molecule has 0 aromatic heterocycles. The summed E-state index contributed by atoms with van der Waals surface area (Å²) in [5.74, 6) is 2.14. The van der Waals surface area contributed by atoms with Crippen molar-refractivity contribution in [3.63, 3.8) is 0 Å². The number of rotatable bonds is 13. The molecule has 5 unspecified atom stereocenters. The zero-order chi connectivity index (χ0) is 27.4. The van der Waals surface area contributed by atoms with Crippen molar-refractivity contribution < 1.29 is 28.5 Å². The lowest BCUT2D eigenvalue weighted by molar-refractivity contribution is -0.145. The van der Waals surface area contributed by atoms with Crippen LogP contribution >= 0.6 is 0 Å². The van der Waals surface area contributed by atoms with Crippen LogP contribution in [0.3, 0.4) is 0 Å². The average molecular weight is 521 g/mol. The molecular formula is C32H40O6. The fourth-order valence-corrected chi connectivity index (χ4v) is 6.01. The summed E-state index contributed by atoms with van der Waals surface area (Å²) in [6, 6.07) is 6.46. The van der Waals surface area contributed by atoms with Crippen LogP contribution in [-0.4, -0.2) is 37.4 Å². The van der Waals surface area contributed by atoms with E-state index in [1.807, 2.05) is 13.8 Å². The minimum Gasteiger partial charge on any atom is -0.489 e. The quantitative estimate of drug-likeness (QED) is 0.214. The Balaban J connectivity index is 1.79. The highest BCUT2D eigenvalue weighted by Crippen LogP contribution is 2.63. The van der Waals surface area contributed by atoms with Gasteiger partial charge in [0, 0.05) is 34.1 Å². The van der Waals surface area contributed by atoms with Crippen LogP contribution in [-0.2, 0) is 25.5 Å². The third-order valence-electron chi connectivity index (χ3n) is 8.20. The molecule has 0 N–H and O–H groups in total. The second-order valence-electron chi connectivity index (χ2n) is 10.3. The van der Waals surface area contributed by atoms with Gasteiger partial charge >= 0.3 is 11.9 Å². The summed E-state index contributed by atoms with van der Waals surface area (Å²) >= 11 is 0. The Hall–Kier alpha value is -3.28. The van der Waals surface area contributed by atoms with Gasteiger partial charge in [-0.3, -0.25) is 0 Å². The Morgan fingerprint density at radius 1 is 0.868 bits per heavy atom. The molecule has 0 heterocycles. The van der Waals surface area contributed by atoms with Crippen molar-refractivity contribution in [2.24, 2.45) is 5.92 Å². The molecule has 0 spiro atoms. The van der Waals surface area contributed by atoms with Crippen LogP contribution in [0.25, 0.3) is 10.8 Å². The smallest absolute Gasteiger partial charge is 0.330 e. The van der Waals surface area contributed by atoms with Gasteiger partial charge in [-0.25, -0.2) is 9.59 Å². The molecule has 204 valence electrons. The largest absolute Gasteiger partial charge is 0.489 e. The molecule has 0 radical (unpaired) electrons. The lowest BCUT2D eigenvalue weighted by atomic mass is 9.86. The van der Waals surface area contributed by atoms with Crippen LogP contribution < -0.4 is 9.47 Å². The number of hydrogen-bond acceptors (Lipinski definition) is 6. The van der Waals surface area contributed by atoms with Gasteiger partial charge in [0.2, 0.25) is 0 Å². The molecule has 1 fully saturated rings. The van der Waals surface area contributed by atoms with E-state index in [-0.39, 0.29) is 25.4 Å². The number of fused-ring (bicyclic) bond motifs is 6. The summed E-state index contributed by atoms with van der Waals surface area (Å²) in [6.45, 7) is 16.0. The number of carbonyl (C=O) groups excluding carboxylic acids is 2. The number of hydrogen-bond donors (Lipinski definition) is 0. The number of esters is 2. The molecule has 2 aliphatic carbocycles. The summed E-state index contributed by atoms with van der Waals surface area (Å²) < 4.78 is 24.2. The molecule has 38 heavy (non-hydrogen) atoms. The fraction of sp³-hybridized carbons (Fsp3) is 0.500. The van der Waals surface area contributed by atoms with Crippen molar-refractivity contribution in [2.75, 3.05) is 13.2 Å². The van der Waals surface area contributed by atoms with Crippen LogP contribution in [0.2, 0.25) is 0 Å². The molecule has 2 bridgehead atoms. The van der Waals surface area contributed by atoms with E-state index >= 15 is 0 Å². The summed E-state index contributed by atoms with van der Waals surface area (Å²) in [7, 11) is 0. The van der Waals surface area contributed by atoms with Crippen molar-refractivity contribution in [1.29, 1.82) is 0 Å². The SMILES string of the molecule is C=CC(=O)OC(CC)COc1c2c(c(OCC(CC)OC(=O)C=C)c3cc(CC)ccc13)C1CCC2C1C. The van der Waals surface area contributed by atoms with Crippen molar-refractivity contribution in [3.05, 3.63) is 60.2 Å². The van der Waals surface area contributed by atoms with Gasteiger partial charge in [0.1, 0.15) is 36.9 Å².